The highest BCUT2D eigenvalue weighted by molar-refractivity contribution is 5.68. The highest BCUT2D eigenvalue weighted by Crippen LogP contribution is 2.30. The maximum Gasteiger partial charge on any atom is 0.305 e. The van der Waals surface area contributed by atoms with E-state index in [0.717, 1.165) is 19.4 Å². The van der Waals surface area contributed by atoms with E-state index in [1.807, 2.05) is 30.3 Å². The molecular weight excluding hydrogens is 412 g/mol. The van der Waals surface area contributed by atoms with Crippen molar-refractivity contribution in [3.8, 4) is 0 Å². The molecule has 0 radical (unpaired) electrons. The summed E-state index contributed by atoms with van der Waals surface area (Å²) in [6.45, 7) is 4.54. The fraction of sp³-hybridized carbons (Fsp3) is 0.524. The number of ether oxygens (including phenoxy) is 6. The summed E-state index contributed by atoms with van der Waals surface area (Å²) in [6.07, 6.45) is -5.86. The average Bonchev–Trinajstić information content (AvgIpc) is 2.67. The predicted molar refractivity (Wildman–Crippen MR) is 103 cm³/mol. The van der Waals surface area contributed by atoms with Crippen molar-refractivity contribution in [3.05, 3.63) is 35.9 Å². The summed E-state index contributed by atoms with van der Waals surface area (Å²) in [5.41, 5.74) is 0.821. The normalized spacial score (nSPS) is 25.2. The zero-order valence-electron chi connectivity index (χ0n) is 17.8. The van der Waals surface area contributed by atoms with Gasteiger partial charge in [0.2, 0.25) is 12.4 Å². The number of carbonyl (C=O) groups excluding carboxylic acids is 4. The van der Waals surface area contributed by atoms with Gasteiger partial charge in [-0.05, 0) is 5.56 Å². The lowest BCUT2D eigenvalue weighted by molar-refractivity contribution is -0.305. The van der Waals surface area contributed by atoms with Crippen LogP contribution in [0.2, 0.25) is 0 Å². The van der Waals surface area contributed by atoms with Gasteiger partial charge in [-0.15, -0.1) is 0 Å². The molecule has 1 saturated heterocycles. The van der Waals surface area contributed by atoms with E-state index in [4.69, 9.17) is 28.4 Å². The van der Waals surface area contributed by atoms with Crippen molar-refractivity contribution in [2.75, 3.05) is 6.61 Å². The number of carbonyl (C=O) groups is 4. The summed E-state index contributed by atoms with van der Waals surface area (Å²) < 4.78 is 32.6. The maximum atomic E-state index is 11.8. The molecule has 5 atom stereocenters. The first-order valence-corrected chi connectivity index (χ1v) is 9.63. The van der Waals surface area contributed by atoms with Crippen LogP contribution in [0.5, 0.6) is 0 Å². The van der Waals surface area contributed by atoms with Crippen LogP contribution in [0.1, 0.15) is 33.3 Å². The predicted octanol–water partition coefficient (Wildman–Crippen LogP) is 1.29. The van der Waals surface area contributed by atoms with Crippen LogP contribution >= 0.6 is 0 Å². The highest BCUT2D eigenvalue weighted by atomic mass is 16.7. The minimum atomic E-state index is -1.40. The average molecular weight is 438 g/mol. The summed E-state index contributed by atoms with van der Waals surface area (Å²) in [6, 6.07) is 9.16. The van der Waals surface area contributed by atoms with Crippen molar-refractivity contribution in [1.29, 1.82) is 0 Å². The van der Waals surface area contributed by atoms with Gasteiger partial charge in [-0.2, -0.15) is 0 Å². The van der Waals surface area contributed by atoms with Gasteiger partial charge in [0.25, 0.3) is 0 Å². The minimum absolute atomic E-state index is 0.105. The van der Waals surface area contributed by atoms with Gasteiger partial charge in [0, 0.05) is 27.7 Å². The van der Waals surface area contributed by atoms with Crippen molar-refractivity contribution < 1.29 is 47.6 Å². The van der Waals surface area contributed by atoms with Crippen LogP contribution in [0.3, 0.4) is 0 Å². The molecule has 0 aliphatic carbocycles. The lowest BCUT2D eigenvalue weighted by Crippen LogP contribution is -2.62. The van der Waals surface area contributed by atoms with Crippen molar-refractivity contribution in [3.63, 3.8) is 0 Å². The Bertz CT molecular complexity index is 778. The molecule has 1 heterocycles. The third kappa shape index (κ3) is 7.65. The van der Waals surface area contributed by atoms with Gasteiger partial charge in [-0.1, -0.05) is 30.3 Å². The zero-order chi connectivity index (χ0) is 23.0. The third-order valence-corrected chi connectivity index (χ3v) is 4.21. The minimum Gasteiger partial charge on any atom is -0.463 e. The quantitative estimate of drug-likeness (QED) is 0.433. The Morgan fingerprint density at radius 3 is 1.90 bits per heavy atom. The Hall–Kier alpha value is -2.98. The Labute approximate surface area is 179 Å². The van der Waals surface area contributed by atoms with Crippen LogP contribution in [0.25, 0.3) is 0 Å². The first kappa shape index (κ1) is 24.3. The van der Waals surface area contributed by atoms with Crippen molar-refractivity contribution in [2.45, 2.75) is 65.0 Å². The molecule has 0 bridgehead atoms. The van der Waals surface area contributed by atoms with Crippen molar-refractivity contribution in [1.82, 2.24) is 0 Å². The van der Waals surface area contributed by atoms with Gasteiger partial charge in [0.05, 0.1) is 6.61 Å². The molecule has 0 saturated carbocycles. The van der Waals surface area contributed by atoms with Crippen molar-refractivity contribution >= 4 is 23.9 Å². The standard InChI is InChI=1S/C21H26O10/c1-12(22)26-11-17-18(27-10-16-8-6-5-7-9-16)19(28-13(2)23)20(29-14(3)24)21(31-17)30-15(4)25/h5-9,17-21H,10-11H2,1-4H3. The van der Waals surface area contributed by atoms with Crippen LogP contribution in [0.4, 0.5) is 0 Å². The molecule has 1 fully saturated rings. The molecule has 10 nitrogen and oxygen atoms in total. The molecule has 170 valence electrons. The van der Waals surface area contributed by atoms with E-state index in [1.54, 1.807) is 0 Å². The molecule has 10 heteroatoms. The van der Waals surface area contributed by atoms with Crippen LogP contribution in [0, 0.1) is 0 Å². The maximum absolute atomic E-state index is 11.8. The Morgan fingerprint density at radius 1 is 0.774 bits per heavy atom. The molecule has 1 aliphatic rings. The lowest BCUT2D eigenvalue weighted by atomic mass is 9.98. The van der Waals surface area contributed by atoms with Gasteiger partial charge in [0.1, 0.15) is 18.8 Å². The number of esters is 4. The van der Waals surface area contributed by atoms with E-state index in [1.165, 1.54) is 13.8 Å². The van der Waals surface area contributed by atoms with Crippen LogP contribution in [-0.4, -0.2) is 61.2 Å². The van der Waals surface area contributed by atoms with E-state index < -0.39 is 54.6 Å². The summed E-state index contributed by atoms with van der Waals surface area (Å²) >= 11 is 0. The number of hydrogen-bond donors (Lipinski definition) is 0. The SMILES string of the molecule is CC(=O)OCC1OC(OC(C)=O)C(OC(C)=O)C(OC(C)=O)C1OCc1ccccc1. The van der Waals surface area contributed by atoms with Gasteiger partial charge in [-0.25, -0.2) is 0 Å². The van der Waals surface area contributed by atoms with Crippen molar-refractivity contribution in [2.24, 2.45) is 0 Å². The van der Waals surface area contributed by atoms with Gasteiger partial charge < -0.3 is 28.4 Å². The first-order chi connectivity index (χ1) is 14.7. The first-order valence-electron chi connectivity index (χ1n) is 9.63. The number of hydrogen-bond acceptors (Lipinski definition) is 10. The van der Waals surface area contributed by atoms with Gasteiger partial charge in [0.15, 0.2) is 6.10 Å². The summed E-state index contributed by atoms with van der Waals surface area (Å²) in [5, 5.41) is 0. The Balaban J connectivity index is 2.37. The summed E-state index contributed by atoms with van der Waals surface area (Å²) in [7, 11) is 0. The number of benzene rings is 1. The molecule has 1 aliphatic heterocycles. The second-order valence-corrected chi connectivity index (χ2v) is 6.86. The largest absolute Gasteiger partial charge is 0.463 e. The molecule has 0 N–H and O–H groups in total. The molecule has 31 heavy (non-hydrogen) atoms. The molecule has 0 amide bonds. The topological polar surface area (TPSA) is 124 Å². The second kappa shape index (κ2) is 11.4. The lowest BCUT2D eigenvalue weighted by Gasteiger charge is -2.44. The summed E-state index contributed by atoms with van der Waals surface area (Å²) in [5.74, 6) is -2.66. The van der Waals surface area contributed by atoms with Gasteiger partial charge >= 0.3 is 23.9 Å². The molecule has 5 unspecified atom stereocenters. The van der Waals surface area contributed by atoms with E-state index in [2.05, 4.69) is 0 Å². The van der Waals surface area contributed by atoms with E-state index in [-0.39, 0.29) is 13.2 Å². The summed E-state index contributed by atoms with van der Waals surface area (Å²) in [4.78, 5) is 46.4. The van der Waals surface area contributed by atoms with Crippen LogP contribution < -0.4 is 0 Å². The van der Waals surface area contributed by atoms with E-state index >= 15 is 0 Å². The fourth-order valence-electron chi connectivity index (χ4n) is 3.08. The fourth-order valence-corrected chi connectivity index (χ4v) is 3.08. The molecule has 1 aromatic carbocycles. The smallest absolute Gasteiger partial charge is 0.305 e. The number of rotatable bonds is 8. The highest BCUT2D eigenvalue weighted by Gasteiger charge is 2.52. The van der Waals surface area contributed by atoms with E-state index in [0.29, 0.717) is 0 Å². The third-order valence-electron chi connectivity index (χ3n) is 4.21. The Kier molecular flexibility index (Phi) is 8.95. The molecule has 2 rings (SSSR count). The van der Waals surface area contributed by atoms with E-state index in [9.17, 15) is 19.2 Å². The van der Waals surface area contributed by atoms with Gasteiger partial charge in [-0.3, -0.25) is 19.2 Å². The molecule has 0 spiro atoms. The zero-order valence-corrected chi connectivity index (χ0v) is 17.8. The Morgan fingerprint density at radius 2 is 1.35 bits per heavy atom. The van der Waals surface area contributed by atoms with Crippen LogP contribution in [0.15, 0.2) is 30.3 Å². The second-order valence-electron chi connectivity index (χ2n) is 6.86. The molecule has 1 aromatic rings. The monoisotopic (exact) mass is 438 g/mol. The molecule has 0 aromatic heterocycles. The molecular formula is C21H26O10. The van der Waals surface area contributed by atoms with Crippen LogP contribution in [-0.2, 0) is 54.2 Å².